The SMILES string of the molecule is CC[C@H](C)C([C@@H](CC(=O)N1C[C@@H](O)C[C@H]1[C@H](OC)[C@@H](C)C(=O)NCCc1c(F)cccc1F)OC)N(C)C(=O)[C@@H](NC(=O)[C@@H](NC)C(C)C)C(C)C. The number of amides is 4. The Bertz CT molecular complexity index is 1310. The number of benzene rings is 1. The number of carbonyl (C=O) groups is 4. The highest BCUT2D eigenvalue weighted by Crippen LogP contribution is 2.30. The van der Waals surface area contributed by atoms with Gasteiger partial charge in [-0.25, -0.2) is 8.78 Å². The van der Waals surface area contributed by atoms with Crippen molar-refractivity contribution in [3.63, 3.8) is 0 Å². The van der Waals surface area contributed by atoms with Gasteiger partial charge in [-0.2, -0.15) is 0 Å². The van der Waals surface area contributed by atoms with Gasteiger partial charge in [-0.3, -0.25) is 19.2 Å². The zero-order chi connectivity index (χ0) is 39.4. The van der Waals surface area contributed by atoms with E-state index < -0.39 is 65.9 Å². The van der Waals surface area contributed by atoms with Gasteiger partial charge >= 0.3 is 0 Å². The largest absolute Gasteiger partial charge is 0.391 e. The highest BCUT2D eigenvalue weighted by atomic mass is 19.1. The molecule has 0 spiro atoms. The van der Waals surface area contributed by atoms with E-state index in [1.807, 2.05) is 41.5 Å². The third kappa shape index (κ3) is 11.4. The second kappa shape index (κ2) is 20.9. The molecule has 1 heterocycles. The van der Waals surface area contributed by atoms with Gasteiger partial charge < -0.3 is 40.3 Å². The second-order valence-electron chi connectivity index (χ2n) is 14.8. The van der Waals surface area contributed by atoms with Gasteiger partial charge in [0.05, 0.1) is 48.8 Å². The van der Waals surface area contributed by atoms with Crippen molar-refractivity contribution >= 4 is 23.6 Å². The maximum atomic E-state index is 14.1. The number of nitrogens with zero attached hydrogens (tertiary/aromatic N) is 2. The number of halogens is 2. The fourth-order valence-electron chi connectivity index (χ4n) is 7.29. The Balaban J connectivity index is 2.25. The number of methoxy groups -OCH3 is 2. The normalized spacial score (nSPS) is 20.2. The minimum Gasteiger partial charge on any atom is -0.391 e. The smallest absolute Gasteiger partial charge is 0.245 e. The van der Waals surface area contributed by atoms with Crippen LogP contribution in [0, 0.1) is 35.3 Å². The van der Waals surface area contributed by atoms with Gasteiger partial charge in [0.25, 0.3) is 0 Å². The molecule has 1 aromatic rings. The van der Waals surface area contributed by atoms with Crippen LogP contribution >= 0.6 is 0 Å². The molecule has 4 amide bonds. The predicted octanol–water partition coefficient (Wildman–Crippen LogP) is 2.90. The van der Waals surface area contributed by atoms with Gasteiger partial charge in [0.2, 0.25) is 23.6 Å². The molecule has 1 unspecified atom stereocenters. The van der Waals surface area contributed by atoms with Crippen LogP contribution in [0.1, 0.15) is 73.3 Å². The maximum absolute atomic E-state index is 14.1. The third-order valence-corrected chi connectivity index (χ3v) is 10.5. The van der Waals surface area contributed by atoms with Gasteiger partial charge in [-0.05, 0) is 49.8 Å². The van der Waals surface area contributed by atoms with Crippen LogP contribution in [0.5, 0.6) is 0 Å². The molecule has 1 aromatic carbocycles. The fraction of sp³-hybridized carbons (Fsp3) is 0.737. The van der Waals surface area contributed by atoms with E-state index in [9.17, 15) is 33.1 Å². The molecule has 1 aliphatic heterocycles. The quantitative estimate of drug-likeness (QED) is 0.160. The van der Waals surface area contributed by atoms with Crippen LogP contribution < -0.4 is 16.0 Å². The zero-order valence-electron chi connectivity index (χ0n) is 32.9. The van der Waals surface area contributed by atoms with E-state index in [-0.39, 0.29) is 73.4 Å². The number of likely N-dealkylation sites (tertiary alicyclic amines) is 1. The van der Waals surface area contributed by atoms with E-state index in [0.29, 0.717) is 6.42 Å². The summed E-state index contributed by atoms with van der Waals surface area (Å²) < 4.78 is 39.9. The van der Waals surface area contributed by atoms with Crippen LogP contribution in [0.4, 0.5) is 8.78 Å². The fourth-order valence-corrected chi connectivity index (χ4v) is 7.29. The zero-order valence-corrected chi connectivity index (χ0v) is 32.9. The summed E-state index contributed by atoms with van der Waals surface area (Å²) in [5, 5.41) is 19.4. The summed E-state index contributed by atoms with van der Waals surface area (Å²) >= 11 is 0. The molecule has 0 radical (unpaired) electrons. The lowest BCUT2D eigenvalue weighted by Crippen LogP contribution is -2.59. The summed E-state index contributed by atoms with van der Waals surface area (Å²) in [4.78, 5) is 57.6. The monoisotopic (exact) mass is 739 g/mol. The molecule has 0 saturated carbocycles. The predicted molar refractivity (Wildman–Crippen MR) is 195 cm³/mol. The summed E-state index contributed by atoms with van der Waals surface area (Å²) in [5.74, 6) is -3.81. The number of rotatable bonds is 20. The average molecular weight is 740 g/mol. The Morgan fingerprint density at radius 2 is 1.58 bits per heavy atom. The number of likely N-dealkylation sites (N-methyl/N-ethyl adjacent to an activating group) is 2. The first-order valence-electron chi connectivity index (χ1n) is 18.4. The van der Waals surface area contributed by atoms with Crippen LogP contribution in [0.15, 0.2) is 18.2 Å². The summed E-state index contributed by atoms with van der Waals surface area (Å²) in [5.41, 5.74) is -0.122. The lowest BCUT2D eigenvalue weighted by Gasteiger charge is -2.41. The van der Waals surface area contributed by atoms with Crippen LogP contribution in [-0.2, 0) is 35.1 Å². The number of aliphatic hydroxyl groups excluding tert-OH is 1. The molecule has 52 heavy (non-hydrogen) atoms. The molecule has 296 valence electrons. The Hall–Kier alpha value is -3.20. The molecule has 9 atom stereocenters. The number of hydrogen-bond acceptors (Lipinski definition) is 8. The first-order valence-corrected chi connectivity index (χ1v) is 18.4. The minimum atomic E-state index is -0.857. The molecular formula is C38H63F2N5O7. The summed E-state index contributed by atoms with van der Waals surface area (Å²) in [6.07, 6.45) is -1.71. The molecule has 14 heteroatoms. The Morgan fingerprint density at radius 1 is 0.981 bits per heavy atom. The molecular weight excluding hydrogens is 676 g/mol. The molecule has 1 saturated heterocycles. The van der Waals surface area contributed by atoms with Crippen molar-refractivity contribution in [2.24, 2.45) is 23.7 Å². The minimum absolute atomic E-state index is 0.00178. The number of nitrogens with one attached hydrogen (secondary N) is 3. The maximum Gasteiger partial charge on any atom is 0.245 e. The van der Waals surface area contributed by atoms with Crippen molar-refractivity contribution in [3.8, 4) is 0 Å². The summed E-state index contributed by atoms with van der Waals surface area (Å²) in [7, 11) is 6.29. The van der Waals surface area contributed by atoms with Crippen molar-refractivity contribution in [2.75, 3.05) is 41.4 Å². The first-order chi connectivity index (χ1) is 24.4. The Labute approximate surface area is 308 Å². The van der Waals surface area contributed by atoms with E-state index in [1.54, 1.807) is 25.9 Å². The van der Waals surface area contributed by atoms with E-state index in [1.165, 1.54) is 25.2 Å². The molecule has 0 bridgehead atoms. The van der Waals surface area contributed by atoms with E-state index in [4.69, 9.17) is 9.47 Å². The number of β-amino-alcohol motifs (C(OH)–C–C–N with tert-alkyl or cyclic N) is 1. The van der Waals surface area contributed by atoms with Crippen LogP contribution in [0.25, 0.3) is 0 Å². The van der Waals surface area contributed by atoms with Crippen molar-refractivity contribution in [1.29, 1.82) is 0 Å². The Kier molecular flexibility index (Phi) is 18.1. The van der Waals surface area contributed by atoms with Gasteiger partial charge in [-0.15, -0.1) is 0 Å². The van der Waals surface area contributed by atoms with Gasteiger partial charge in [0.15, 0.2) is 0 Å². The molecule has 2 rings (SSSR count). The topological polar surface area (TPSA) is 150 Å². The van der Waals surface area contributed by atoms with Crippen molar-refractivity contribution in [2.45, 2.75) is 117 Å². The number of ether oxygens (including phenoxy) is 2. The summed E-state index contributed by atoms with van der Waals surface area (Å²) in [6.45, 7) is 13.2. The number of carbonyl (C=O) groups excluding carboxylic acids is 4. The van der Waals surface area contributed by atoms with E-state index in [2.05, 4.69) is 16.0 Å². The summed E-state index contributed by atoms with van der Waals surface area (Å²) in [6, 6.07) is 1.10. The van der Waals surface area contributed by atoms with E-state index >= 15 is 0 Å². The molecule has 1 fully saturated rings. The Morgan fingerprint density at radius 3 is 2.08 bits per heavy atom. The second-order valence-corrected chi connectivity index (χ2v) is 14.8. The van der Waals surface area contributed by atoms with E-state index in [0.717, 1.165) is 12.1 Å². The van der Waals surface area contributed by atoms with Gasteiger partial charge in [-0.1, -0.05) is 61.0 Å². The molecule has 1 aliphatic rings. The highest BCUT2D eigenvalue weighted by molar-refractivity contribution is 5.90. The van der Waals surface area contributed by atoms with Crippen LogP contribution in [-0.4, -0.2) is 122 Å². The molecule has 0 aromatic heterocycles. The third-order valence-electron chi connectivity index (χ3n) is 10.5. The van der Waals surface area contributed by atoms with Crippen molar-refractivity contribution < 1.29 is 42.5 Å². The lowest BCUT2D eigenvalue weighted by molar-refractivity contribution is -0.147. The molecule has 0 aliphatic carbocycles. The van der Waals surface area contributed by atoms with Gasteiger partial charge in [0.1, 0.15) is 17.7 Å². The lowest BCUT2D eigenvalue weighted by atomic mass is 9.89. The first kappa shape index (κ1) is 45.0. The van der Waals surface area contributed by atoms with Crippen LogP contribution in [0.3, 0.4) is 0 Å². The van der Waals surface area contributed by atoms with Crippen LogP contribution in [0.2, 0.25) is 0 Å². The van der Waals surface area contributed by atoms with Crippen molar-refractivity contribution in [3.05, 3.63) is 35.4 Å². The average Bonchev–Trinajstić information content (AvgIpc) is 3.48. The standard InChI is InChI=1S/C38H63F2N5O7/c1-12-23(6)34(44(9)38(50)33(22(4)5)43-37(49)32(41-8)21(2)3)30(51-10)19-31(47)45-20-25(46)18-29(45)35(52-11)24(7)36(48)42-17-16-26-27(39)14-13-15-28(26)40/h13-15,21-25,29-30,32-35,41,46H,12,16-20H2,1-11H3,(H,42,48)(H,43,49)/t23-,24+,25-,29-,30+,32-,33-,34?,35+/m0/s1. The molecule has 4 N–H and O–H groups in total. The number of aliphatic hydroxyl groups is 1. The van der Waals surface area contributed by atoms with Gasteiger partial charge in [0, 0.05) is 39.9 Å². The van der Waals surface area contributed by atoms with Crippen molar-refractivity contribution in [1.82, 2.24) is 25.8 Å². The molecule has 12 nitrogen and oxygen atoms in total. The highest BCUT2D eigenvalue weighted by Gasteiger charge is 2.45. The number of hydrogen-bond donors (Lipinski definition) is 4.